The van der Waals surface area contributed by atoms with Crippen molar-refractivity contribution in [3.63, 3.8) is 0 Å². The first-order valence-electron chi connectivity index (χ1n) is 44.6. The molecule has 12 nitrogen and oxygen atoms in total. The van der Waals surface area contributed by atoms with Crippen LogP contribution in [-0.4, -0.2) is 37.5 Å². The molecule has 0 spiro atoms. The third kappa shape index (κ3) is 9.89. The lowest BCUT2D eigenvalue weighted by molar-refractivity contribution is 0.669. The van der Waals surface area contributed by atoms with E-state index in [-0.39, 0.29) is 0 Å². The summed E-state index contributed by atoms with van der Waals surface area (Å²) in [5, 5.41) is 31.3. The summed E-state index contributed by atoms with van der Waals surface area (Å²) in [5.41, 5.74) is 24.4. The van der Waals surface area contributed by atoms with Crippen molar-refractivity contribution >= 4 is 336 Å². The van der Waals surface area contributed by atoms with Gasteiger partial charge in [-0.05, 0) is 175 Å². The van der Waals surface area contributed by atoms with Crippen LogP contribution in [0.25, 0.3) is 302 Å². The first-order chi connectivity index (χ1) is 66.0. The van der Waals surface area contributed by atoms with Gasteiger partial charge in [-0.25, -0.2) is 19.9 Å². The highest BCUT2D eigenvalue weighted by molar-refractivity contribution is 7.27. The molecule has 0 saturated carbocycles. The topological polar surface area (TPSA) is 122 Å². The molecule has 133 heavy (non-hydrogen) atoms. The number of fused-ring (bicyclic) bond motifs is 59. The van der Waals surface area contributed by atoms with Crippen LogP contribution >= 0.6 is 34.0 Å². The second kappa shape index (κ2) is 26.8. The average Bonchev–Trinajstić information content (AvgIpc) is 1.56. The van der Waals surface area contributed by atoms with Gasteiger partial charge in [0.15, 0.2) is 0 Å². The maximum absolute atomic E-state index is 6.61. The van der Waals surface area contributed by atoms with Gasteiger partial charge in [0.25, 0.3) is 0 Å². The van der Waals surface area contributed by atoms with Crippen LogP contribution in [0.3, 0.4) is 0 Å². The zero-order chi connectivity index (χ0) is 86.3. The molecule has 0 unspecified atom stereocenters. The fourth-order valence-corrected chi connectivity index (χ4v) is 25.9. The van der Waals surface area contributed by atoms with Crippen molar-refractivity contribution in [3.05, 3.63) is 376 Å². The van der Waals surface area contributed by atoms with Crippen molar-refractivity contribution in [2.24, 2.45) is 0 Å². The highest BCUT2D eigenvalue weighted by Gasteiger charge is 2.28. The van der Waals surface area contributed by atoms with Gasteiger partial charge in [-0.1, -0.05) is 212 Å². The maximum Gasteiger partial charge on any atom is 0.146 e. The van der Waals surface area contributed by atoms with E-state index < -0.39 is 0 Å². The Morgan fingerprint density at radius 1 is 0.165 bits per heavy atom. The van der Waals surface area contributed by atoms with E-state index in [1.165, 1.54) is 109 Å². The first-order valence-corrected chi connectivity index (χ1v) is 47.1. The SMILES string of the molecule is c1ccc2c(c1)nc1c3cc4c(cc3c3c5oc6ccccc6c5ccc3n21)sc1ccccc14.c1ccc2c(c1)nc1c3ccc4c5ccccc5sc4c3c3c4c(ccc3n21)oc1ccccc14.c1ccc2c(c1)nc1c3ccc4c5ccccc5sc4c3c3c4oc5ccccc5c4ccc3n21.c1ccc2c(c1)nc1c3ccccc3c3c4c(ccc3n21)oc1ccccc14. The summed E-state index contributed by atoms with van der Waals surface area (Å²) >= 11 is 5.58. The maximum atomic E-state index is 6.61. The first kappa shape index (κ1) is 71.9. The molecular formula is C118H62N8O4S3. The lowest BCUT2D eigenvalue weighted by Gasteiger charge is -2.11. The summed E-state index contributed by atoms with van der Waals surface area (Å²) in [6, 6.07) is 133. The van der Waals surface area contributed by atoms with Crippen LogP contribution in [0.2, 0.25) is 0 Å². The third-order valence-corrected chi connectivity index (χ3v) is 31.4. The Bertz CT molecular complexity index is 11100. The van der Waals surface area contributed by atoms with E-state index in [4.69, 9.17) is 37.6 Å². The number of hydrogen-bond donors (Lipinski definition) is 0. The van der Waals surface area contributed by atoms with E-state index in [9.17, 15) is 0 Å². The van der Waals surface area contributed by atoms with Crippen LogP contribution < -0.4 is 0 Å². The third-order valence-electron chi connectivity index (χ3n) is 27.8. The lowest BCUT2D eigenvalue weighted by Crippen LogP contribution is -1.92. The largest absolute Gasteiger partial charge is 0.456 e. The van der Waals surface area contributed by atoms with Crippen LogP contribution in [0.1, 0.15) is 0 Å². The van der Waals surface area contributed by atoms with Gasteiger partial charge in [0.1, 0.15) is 67.3 Å². The van der Waals surface area contributed by atoms with Gasteiger partial charge in [0.2, 0.25) is 0 Å². The number of pyridine rings is 4. The molecule has 0 amide bonds. The number of aromatic nitrogens is 8. The number of nitrogens with zero attached hydrogens (tertiary/aromatic N) is 8. The molecule has 0 N–H and O–H groups in total. The van der Waals surface area contributed by atoms with Crippen LogP contribution in [0.4, 0.5) is 0 Å². The van der Waals surface area contributed by atoms with Crippen molar-refractivity contribution in [1.82, 2.24) is 37.5 Å². The number of benzene rings is 19. The number of para-hydroxylation sites is 12. The smallest absolute Gasteiger partial charge is 0.146 e. The highest BCUT2D eigenvalue weighted by atomic mass is 32.1. The molecule has 0 saturated heterocycles. The summed E-state index contributed by atoms with van der Waals surface area (Å²) in [5.74, 6) is 0. The number of thiophene rings is 3. The van der Waals surface area contributed by atoms with Crippen LogP contribution in [0.15, 0.2) is 394 Å². The predicted molar refractivity (Wildman–Crippen MR) is 559 cm³/mol. The molecule has 15 heterocycles. The molecule has 34 rings (SSSR count). The molecule has 0 atom stereocenters. The Labute approximate surface area is 761 Å². The minimum atomic E-state index is 0.918. The van der Waals surface area contributed by atoms with Crippen molar-refractivity contribution in [2.75, 3.05) is 0 Å². The normalized spacial score (nSPS) is 12.5. The van der Waals surface area contributed by atoms with Gasteiger partial charge in [0, 0.05) is 147 Å². The minimum absolute atomic E-state index is 0.918. The van der Waals surface area contributed by atoms with Gasteiger partial charge in [-0.3, -0.25) is 17.6 Å². The Balaban J connectivity index is 0.0000000835. The zero-order valence-corrected chi connectivity index (χ0v) is 72.7. The van der Waals surface area contributed by atoms with E-state index >= 15 is 0 Å². The number of rotatable bonds is 0. The molecule has 0 fully saturated rings. The quantitative estimate of drug-likeness (QED) is 0.138. The predicted octanol–water partition coefficient (Wildman–Crippen LogP) is 33.9. The molecule has 19 aromatic carbocycles. The summed E-state index contributed by atoms with van der Waals surface area (Å²) in [6.07, 6.45) is 0. The fraction of sp³-hybridized carbons (Fsp3) is 0. The minimum Gasteiger partial charge on any atom is -0.456 e. The van der Waals surface area contributed by atoms with Gasteiger partial charge in [-0.15, -0.1) is 34.0 Å². The molecule has 0 aliphatic heterocycles. The monoisotopic (exact) mass is 1750 g/mol. The Morgan fingerprint density at radius 3 is 0.992 bits per heavy atom. The number of furan rings is 4. The van der Waals surface area contributed by atoms with Gasteiger partial charge in [0.05, 0.1) is 77.0 Å². The molecule has 0 radical (unpaired) electrons. The molecule has 15 heteroatoms. The Morgan fingerprint density at radius 2 is 0.496 bits per heavy atom. The van der Waals surface area contributed by atoms with Gasteiger partial charge < -0.3 is 17.7 Å². The molecule has 616 valence electrons. The van der Waals surface area contributed by atoms with Crippen LogP contribution in [0, 0.1) is 0 Å². The van der Waals surface area contributed by atoms with Crippen LogP contribution in [0.5, 0.6) is 0 Å². The van der Waals surface area contributed by atoms with Gasteiger partial charge >= 0.3 is 0 Å². The summed E-state index contributed by atoms with van der Waals surface area (Å²) in [7, 11) is 0. The lowest BCUT2D eigenvalue weighted by atomic mass is 9.99. The van der Waals surface area contributed by atoms with Gasteiger partial charge in [-0.2, -0.15) is 0 Å². The number of imidazole rings is 4. The van der Waals surface area contributed by atoms with Crippen LogP contribution in [-0.2, 0) is 0 Å². The van der Waals surface area contributed by atoms with E-state index in [0.29, 0.717) is 0 Å². The van der Waals surface area contributed by atoms with Crippen molar-refractivity contribution in [1.29, 1.82) is 0 Å². The highest BCUT2D eigenvalue weighted by Crippen LogP contribution is 2.52. The van der Waals surface area contributed by atoms with Crippen molar-refractivity contribution in [2.45, 2.75) is 0 Å². The van der Waals surface area contributed by atoms with E-state index in [1.54, 1.807) is 0 Å². The van der Waals surface area contributed by atoms with E-state index in [2.05, 4.69) is 357 Å². The molecule has 0 aliphatic rings. The van der Waals surface area contributed by atoms with E-state index in [0.717, 1.165) is 193 Å². The fourth-order valence-electron chi connectivity index (χ4n) is 22.2. The second-order valence-corrected chi connectivity index (χ2v) is 37.9. The molecule has 34 aromatic rings. The summed E-state index contributed by atoms with van der Waals surface area (Å²) in [6.45, 7) is 0. The standard InChI is InChI=1S/3C31H16N2OS.C25H14N2O/c1-5-11-24-19(8-1)27-25(34-24)16-15-23-29(27)28-20(31-32-21-9-3-4-10-22(21)33(23)31)14-13-18-17-7-2-6-12-26(17)35-30(18)28;1-5-11-26-17(7-1)19-13-14-25-29(30(19)34-26)21-16-28-20(18-8-2-6-12-27(18)35-28)15-22(21)31-32-23-9-3-4-10-24(23)33(25)31;1-5-11-25-17(7-1)19-15-16-24-28(29(19)34-25)27-21(31-32-22-9-3-4-10-23(22)33(24)31)14-13-20-18-8-2-6-12-26(18)35-30(20)27;1-2-8-16-15(7-1)23-20(27-19-11-5-4-10-18(19)26-25(16)27)13-14-22-24(23)17-9-3-6-12-21(17)28-22/h3*1-16H;1-14H. The molecule has 0 aliphatic carbocycles. The number of hydrogen-bond acceptors (Lipinski definition) is 11. The Kier molecular flexibility index (Phi) is 14.5. The zero-order valence-electron chi connectivity index (χ0n) is 70.2. The van der Waals surface area contributed by atoms with E-state index in [1.807, 2.05) is 70.4 Å². The second-order valence-electron chi connectivity index (χ2n) is 34.7. The van der Waals surface area contributed by atoms with Crippen molar-refractivity contribution < 1.29 is 17.7 Å². The molecule has 0 bridgehead atoms. The summed E-state index contributed by atoms with van der Waals surface area (Å²) in [4.78, 5) is 20.3. The van der Waals surface area contributed by atoms with Crippen molar-refractivity contribution in [3.8, 4) is 0 Å². The molecule has 15 aromatic heterocycles. The average molecular weight is 1750 g/mol. The Hall–Kier alpha value is -17.1. The molecular weight excluding hydrogens is 1690 g/mol. The summed E-state index contributed by atoms with van der Waals surface area (Å²) < 4.78 is 42.7.